The number of H-pyrrole nitrogens is 1. The first-order valence-electron chi connectivity index (χ1n) is 12.5. The Morgan fingerprint density at radius 2 is 1.53 bits per heavy atom. The third-order valence-electron chi connectivity index (χ3n) is 6.03. The van der Waals surface area contributed by atoms with Gasteiger partial charge in [0.05, 0.1) is 17.9 Å². The van der Waals surface area contributed by atoms with Crippen LogP contribution >= 0.6 is 0 Å². The Kier molecular flexibility index (Phi) is 6.75. The lowest BCUT2D eigenvalue weighted by Gasteiger charge is -2.14. The average Bonchev–Trinajstić information content (AvgIpc) is 3.60. The third-order valence-corrected chi connectivity index (χ3v) is 6.03. The Bertz CT molecular complexity index is 1390. The molecule has 0 aliphatic rings. The maximum Gasteiger partial charge on any atom is 0.221 e. The topological polar surface area (TPSA) is 90.1 Å². The van der Waals surface area contributed by atoms with Crippen LogP contribution in [0.15, 0.2) is 66.7 Å². The highest BCUT2D eigenvalue weighted by Gasteiger charge is 2.17. The van der Waals surface area contributed by atoms with Crippen molar-refractivity contribution in [2.24, 2.45) is 11.8 Å². The van der Waals surface area contributed by atoms with Gasteiger partial charge in [-0.3, -0.25) is 0 Å². The van der Waals surface area contributed by atoms with Gasteiger partial charge in [0.1, 0.15) is 5.82 Å². The standard InChI is InChI=1S/C28H32N8/c1-19(2)16-26-29-27(17-20(3)4)35(32-26)18-21-10-12-23(13-11-21)36-24(22-8-6-5-7-9-22)14-15-25(36)28-30-33-34-31-28/h5-15,19-20H,16-18H2,1-4H3,(H,30,31,33,34). The predicted octanol–water partition coefficient (Wildman–Crippen LogP) is 5.36. The second kappa shape index (κ2) is 10.3. The molecule has 3 heterocycles. The summed E-state index contributed by atoms with van der Waals surface area (Å²) in [7, 11) is 0. The van der Waals surface area contributed by atoms with Crippen LogP contribution in [0, 0.1) is 11.8 Å². The smallest absolute Gasteiger partial charge is 0.221 e. The molecule has 0 atom stereocenters. The van der Waals surface area contributed by atoms with E-state index in [4.69, 9.17) is 10.1 Å². The summed E-state index contributed by atoms with van der Waals surface area (Å²) in [6, 6.07) is 23.1. The van der Waals surface area contributed by atoms with E-state index in [1.54, 1.807) is 0 Å². The van der Waals surface area contributed by atoms with Crippen molar-refractivity contribution < 1.29 is 0 Å². The fraction of sp³-hybridized carbons (Fsp3) is 0.321. The molecule has 8 heteroatoms. The summed E-state index contributed by atoms with van der Waals surface area (Å²) in [5.74, 6) is 3.60. The molecule has 0 aliphatic heterocycles. The molecule has 0 saturated heterocycles. The summed E-state index contributed by atoms with van der Waals surface area (Å²) in [4.78, 5) is 4.86. The molecule has 0 fully saturated rings. The van der Waals surface area contributed by atoms with Gasteiger partial charge in [-0.15, -0.1) is 10.2 Å². The van der Waals surface area contributed by atoms with Gasteiger partial charge in [-0.05, 0) is 52.4 Å². The van der Waals surface area contributed by atoms with Crippen LogP contribution in [0.2, 0.25) is 0 Å². The van der Waals surface area contributed by atoms with Gasteiger partial charge in [0.25, 0.3) is 0 Å². The summed E-state index contributed by atoms with van der Waals surface area (Å²) in [5.41, 5.74) is 5.28. The summed E-state index contributed by atoms with van der Waals surface area (Å²) >= 11 is 0. The van der Waals surface area contributed by atoms with E-state index in [1.165, 1.54) is 5.56 Å². The molecule has 0 unspecified atom stereocenters. The van der Waals surface area contributed by atoms with E-state index in [0.29, 0.717) is 24.2 Å². The molecule has 0 saturated carbocycles. The number of rotatable bonds is 9. The van der Waals surface area contributed by atoms with Gasteiger partial charge in [-0.25, -0.2) is 9.67 Å². The maximum atomic E-state index is 4.86. The van der Waals surface area contributed by atoms with Gasteiger partial charge in [-0.2, -0.15) is 10.3 Å². The van der Waals surface area contributed by atoms with Crippen LogP contribution in [-0.2, 0) is 19.4 Å². The molecule has 5 rings (SSSR count). The zero-order valence-electron chi connectivity index (χ0n) is 21.3. The number of aromatic amines is 1. The van der Waals surface area contributed by atoms with Gasteiger partial charge in [0.2, 0.25) is 5.82 Å². The summed E-state index contributed by atoms with van der Waals surface area (Å²) in [5, 5.41) is 19.6. The lowest BCUT2D eigenvalue weighted by atomic mass is 10.1. The quantitative estimate of drug-likeness (QED) is 0.307. The molecule has 5 aromatic rings. The Morgan fingerprint density at radius 1 is 0.806 bits per heavy atom. The minimum atomic E-state index is 0.524. The van der Waals surface area contributed by atoms with Crippen molar-refractivity contribution in [3.05, 3.63) is 83.9 Å². The molecular weight excluding hydrogens is 448 g/mol. The SMILES string of the molecule is CC(C)Cc1nc(CC(C)C)n(Cc2ccc(-n3c(-c4ccccc4)ccc3-c3nn[nH]n3)cc2)n1. The summed E-state index contributed by atoms with van der Waals surface area (Å²) in [6.07, 6.45) is 1.81. The second-order valence-corrected chi connectivity index (χ2v) is 10.0. The van der Waals surface area contributed by atoms with Gasteiger partial charge in [0, 0.05) is 18.5 Å². The monoisotopic (exact) mass is 480 g/mol. The van der Waals surface area contributed by atoms with Crippen LogP contribution in [0.3, 0.4) is 0 Å². The van der Waals surface area contributed by atoms with Gasteiger partial charge in [0.15, 0.2) is 5.82 Å². The molecule has 3 aromatic heterocycles. The van der Waals surface area contributed by atoms with Crippen LogP contribution in [0.1, 0.15) is 44.9 Å². The minimum absolute atomic E-state index is 0.524. The van der Waals surface area contributed by atoms with E-state index in [-0.39, 0.29) is 0 Å². The Morgan fingerprint density at radius 3 is 2.19 bits per heavy atom. The number of benzene rings is 2. The fourth-order valence-corrected chi connectivity index (χ4v) is 4.44. The predicted molar refractivity (Wildman–Crippen MR) is 141 cm³/mol. The molecule has 2 aromatic carbocycles. The van der Waals surface area contributed by atoms with Crippen LogP contribution in [0.4, 0.5) is 0 Å². The molecule has 184 valence electrons. The van der Waals surface area contributed by atoms with Crippen molar-refractivity contribution in [1.82, 2.24) is 40.0 Å². The average molecular weight is 481 g/mol. The number of nitrogens with one attached hydrogen (secondary N) is 1. The maximum absolute atomic E-state index is 4.86. The highest BCUT2D eigenvalue weighted by molar-refractivity contribution is 5.70. The minimum Gasteiger partial charge on any atom is -0.306 e. The first-order valence-corrected chi connectivity index (χ1v) is 12.5. The molecule has 36 heavy (non-hydrogen) atoms. The van der Waals surface area contributed by atoms with Gasteiger partial charge in [-0.1, -0.05) is 70.2 Å². The molecule has 0 aliphatic carbocycles. The van der Waals surface area contributed by atoms with Gasteiger partial charge >= 0.3 is 0 Å². The molecule has 0 radical (unpaired) electrons. The number of hydrogen-bond donors (Lipinski definition) is 1. The van der Waals surface area contributed by atoms with Crippen LogP contribution in [-0.4, -0.2) is 40.0 Å². The molecular formula is C28H32N8. The van der Waals surface area contributed by atoms with Gasteiger partial charge < -0.3 is 4.57 Å². The molecule has 0 bridgehead atoms. The lowest BCUT2D eigenvalue weighted by Crippen LogP contribution is -2.10. The highest BCUT2D eigenvalue weighted by atomic mass is 15.5. The van der Waals surface area contributed by atoms with E-state index in [2.05, 4.69) is 100 Å². The zero-order valence-corrected chi connectivity index (χ0v) is 21.3. The molecule has 8 nitrogen and oxygen atoms in total. The van der Waals surface area contributed by atoms with Crippen molar-refractivity contribution in [3.8, 4) is 28.5 Å². The van der Waals surface area contributed by atoms with Crippen LogP contribution < -0.4 is 0 Å². The largest absolute Gasteiger partial charge is 0.306 e. The van der Waals surface area contributed by atoms with Crippen LogP contribution in [0.5, 0.6) is 0 Å². The highest BCUT2D eigenvalue weighted by Crippen LogP contribution is 2.31. The van der Waals surface area contributed by atoms with Crippen molar-refractivity contribution in [1.29, 1.82) is 0 Å². The first-order chi connectivity index (χ1) is 17.5. The molecule has 0 spiro atoms. The normalized spacial score (nSPS) is 11.6. The second-order valence-electron chi connectivity index (χ2n) is 10.0. The first kappa shape index (κ1) is 23.7. The van der Waals surface area contributed by atoms with E-state index >= 15 is 0 Å². The van der Waals surface area contributed by atoms with E-state index < -0.39 is 0 Å². The summed E-state index contributed by atoms with van der Waals surface area (Å²) < 4.78 is 4.24. The summed E-state index contributed by atoms with van der Waals surface area (Å²) in [6.45, 7) is 9.55. The number of tetrazole rings is 1. The van der Waals surface area contributed by atoms with Crippen LogP contribution in [0.25, 0.3) is 28.5 Å². The van der Waals surface area contributed by atoms with E-state index in [1.807, 2.05) is 24.3 Å². The third kappa shape index (κ3) is 5.12. The number of hydrogen-bond acceptors (Lipinski definition) is 5. The number of nitrogens with zero attached hydrogens (tertiary/aromatic N) is 7. The number of aromatic nitrogens is 8. The van der Waals surface area contributed by atoms with Crippen molar-refractivity contribution in [3.63, 3.8) is 0 Å². The van der Waals surface area contributed by atoms with E-state index in [9.17, 15) is 0 Å². The lowest BCUT2D eigenvalue weighted by molar-refractivity contribution is 0.560. The molecule has 0 amide bonds. The van der Waals surface area contributed by atoms with Crippen molar-refractivity contribution in [2.45, 2.75) is 47.1 Å². The molecule has 1 N–H and O–H groups in total. The zero-order chi connectivity index (χ0) is 25.1. The fourth-order valence-electron chi connectivity index (χ4n) is 4.44. The van der Waals surface area contributed by atoms with Crippen molar-refractivity contribution >= 4 is 0 Å². The Balaban J connectivity index is 1.48. The Labute approximate surface area is 211 Å². The Hall–Kier alpha value is -4.07. The van der Waals surface area contributed by atoms with E-state index in [0.717, 1.165) is 47.1 Å². The van der Waals surface area contributed by atoms with Crippen molar-refractivity contribution in [2.75, 3.05) is 0 Å².